The number of carbonyl (C=O) groups is 2. The van der Waals surface area contributed by atoms with Crippen molar-refractivity contribution in [1.29, 1.82) is 0 Å². The minimum Gasteiger partial charge on any atom is -0.267 e. The molecule has 0 bridgehead atoms. The van der Waals surface area contributed by atoms with Crippen LogP contribution in [0.5, 0.6) is 0 Å². The maximum Gasteiger partial charge on any atom is 0.290 e. The molecule has 0 fully saturated rings. The van der Waals surface area contributed by atoms with Crippen LogP contribution in [-0.4, -0.2) is 22.0 Å². The van der Waals surface area contributed by atoms with Gasteiger partial charge in [0.15, 0.2) is 5.69 Å². The van der Waals surface area contributed by atoms with Crippen LogP contribution in [-0.2, 0) is 12.8 Å². The number of thiophene rings is 1. The van der Waals surface area contributed by atoms with Gasteiger partial charge in [-0.2, -0.15) is 5.10 Å². The van der Waals surface area contributed by atoms with Crippen molar-refractivity contribution in [1.82, 2.24) is 21.0 Å². The summed E-state index contributed by atoms with van der Waals surface area (Å²) in [4.78, 5) is 38.7. The number of hydrogen-bond acceptors (Lipinski definition) is 5. The van der Waals surface area contributed by atoms with Crippen molar-refractivity contribution in [3.63, 3.8) is 0 Å². The van der Waals surface area contributed by atoms with E-state index in [9.17, 15) is 14.4 Å². The Morgan fingerprint density at radius 1 is 0.964 bits per heavy atom. The Labute approximate surface area is 165 Å². The molecule has 0 atom stereocenters. The van der Waals surface area contributed by atoms with E-state index in [0.29, 0.717) is 15.6 Å². The molecule has 0 radical (unpaired) electrons. The number of rotatable bonds is 2. The van der Waals surface area contributed by atoms with Gasteiger partial charge in [-0.25, -0.2) is 5.10 Å². The molecule has 1 aromatic carbocycles. The van der Waals surface area contributed by atoms with Gasteiger partial charge >= 0.3 is 0 Å². The summed E-state index contributed by atoms with van der Waals surface area (Å²) in [6, 6.07) is 8.63. The van der Waals surface area contributed by atoms with Gasteiger partial charge in [0.2, 0.25) is 0 Å². The molecule has 1 aliphatic carbocycles. The molecular weight excluding hydrogens is 376 g/mol. The lowest BCUT2D eigenvalue weighted by atomic mass is 10.00. The molecule has 3 N–H and O–H groups in total. The topological polar surface area (TPSA) is 104 Å². The van der Waals surface area contributed by atoms with E-state index in [0.717, 1.165) is 25.7 Å². The third-order valence-electron chi connectivity index (χ3n) is 4.92. The third-order valence-corrected chi connectivity index (χ3v) is 6.16. The molecule has 2 heterocycles. The summed E-state index contributed by atoms with van der Waals surface area (Å²) in [6.45, 7) is 0. The molecule has 2 aromatic heterocycles. The average Bonchev–Trinajstić information content (AvgIpc) is 3.08. The van der Waals surface area contributed by atoms with Gasteiger partial charge in [-0.05, 0) is 43.4 Å². The summed E-state index contributed by atoms with van der Waals surface area (Å²) >= 11 is 1.49. The van der Waals surface area contributed by atoms with Crippen LogP contribution in [0.25, 0.3) is 10.8 Å². The van der Waals surface area contributed by atoms with E-state index in [4.69, 9.17) is 0 Å². The normalized spacial score (nSPS) is 14.0. The Morgan fingerprint density at radius 2 is 1.68 bits per heavy atom. The van der Waals surface area contributed by atoms with E-state index in [2.05, 4.69) is 21.0 Å². The van der Waals surface area contributed by atoms with Crippen LogP contribution in [0.4, 0.5) is 0 Å². The third kappa shape index (κ3) is 3.68. The van der Waals surface area contributed by atoms with Crippen LogP contribution in [0.2, 0.25) is 0 Å². The number of nitrogens with zero attached hydrogens (tertiary/aromatic N) is 1. The second-order valence-electron chi connectivity index (χ2n) is 6.83. The lowest BCUT2D eigenvalue weighted by Crippen LogP contribution is -2.42. The number of benzene rings is 1. The average molecular weight is 396 g/mol. The second-order valence-corrected chi connectivity index (χ2v) is 7.97. The molecule has 7 nitrogen and oxygen atoms in total. The van der Waals surface area contributed by atoms with Gasteiger partial charge in [0.05, 0.1) is 10.3 Å². The molecule has 1 aliphatic rings. The smallest absolute Gasteiger partial charge is 0.267 e. The van der Waals surface area contributed by atoms with E-state index < -0.39 is 5.91 Å². The van der Waals surface area contributed by atoms with E-state index >= 15 is 0 Å². The van der Waals surface area contributed by atoms with Crippen molar-refractivity contribution in [2.45, 2.75) is 38.5 Å². The largest absolute Gasteiger partial charge is 0.290 e. The first-order chi connectivity index (χ1) is 13.6. The molecule has 2 amide bonds. The van der Waals surface area contributed by atoms with Gasteiger partial charge in [-0.15, -0.1) is 11.3 Å². The van der Waals surface area contributed by atoms with Gasteiger partial charge in [0.25, 0.3) is 17.4 Å². The first-order valence-corrected chi connectivity index (χ1v) is 10.1. The lowest BCUT2D eigenvalue weighted by molar-refractivity contribution is 0.0846. The van der Waals surface area contributed by atoms with Crippen molar-refractivity contribution in [2.75, 3.05) is 0 Å². The first-order valence-electron chi connectivity index (χ1n) is 9.33. The molecule has 0 saturated carbocycles. The minimum absolute atomic E-state index is 0.0500. The molecule has 0 unspecified atom stereocenters. The highest BCUT2D eigenvalue weighted by molar-refractivity contribution is 7.14. The number of H-pyrrole nitrogens is 1. The summed E-state index contributed by atoms with van der Waals surface area (Å²) in [5, 5.41) is 6.94. The number of aromatic nitrogens is 2. The highest BCUT2D eigenvalue weighted by Gasteiger charge is 2.18. The molecule has 0 saturated heterocycles. The van der Waals surface area contributed by atoms with E-state index in [1.807, 2.05) is 6.07 Å². The van der Waals surface area contributed by atoms with Gasteiger partial charge in [0, 0.05) is 10.3 Å². The molecule has 3 aromatic rings. The molecule has 8 heteroatoms. The van der Waals surface area contributed by atoms with Crippen molar-refractivity contribution < 1.29 is 9.59 Å². The number of nitrogens with one attached hydrogen (secondary N) is 3. The summed E-state index contributed by atoms with van der Waals surface area (Å²) in [5.41, 5.74) is 5.78. The maximum absolute atomic E-state index is 12.5. The van der Waals surface area contributed by atoms with Crippen molar-refractivity contribution in [3.8, 4) is 0 Å². The Balaban J connectivity index is 1.48. The van der Waals surface area contributed by atoms with Crippen LogP contribution < -0.4 is 16.4 Å². The van der Waals surface area contributed by atoms with Crippen molar-refractivity contribution >= 4 is 33.9 Å². The predicted octanol–water partition coefficient (Wildman–Crippen LogP) is 2.72. The number of amides is 2. The lowest BCUT2D eigenvalue weighted by Gasteiger charge is -2.07. The fraction of sp³-hybridized carbons (Fsp3) is 0.300. The number of aromatic amines is 1. The Hall–Kier alpha value is -3.00. The van der Waals surface area contributed by atoms with E-state index in [1.54, 1.807) is 24.3 Å². The van der Waals surface area contributed by atoms with Crippen molar-refractivity contribution in [3.05, 3.63) is 61.7 Å². The fourth-order valence-electron chi connectivity index (χ4n) is 3.48. The molecule has 144 valence electrons. The SMILES string of the molecule is O=C(NNC(=O)c1n[nH]c(=O)c2ccccc12)c1cc2c(s1)CCCCCC2. The summed E-state index contributed by atoms with van der Waals surface area (Å²) < 4.78 is 0. The van der Waals surface area contributed by atoms with Gasteiger partial charge < -0.3 is 0 Å². The Morgan fingerprint density at radius 3 is 2.50 bits per heavy atom. The van der Waals surface area contributed by atoms with E-state index in [-0.39, 0.29) is 17.2 Å². The van der Waals surface area contributed by atoms with Gasteiger partial charge in [0.1, 0.15) is 0 Å². The molecule has 4 rings (SSSR count). The van der Waals surface area contributed by atoms with Gasteiger partial charge in [-0.1, -0.05) is 31.0 Å². The van der Waals surface area contributed by atoms with Crippen LogP contribution in [0, 0.1) is 0 Å². The Bertz CT molecular complexity index is 1080. The highest BCUT2D eigenvalue weighted by atomic mass is 32.1. The number of carbonyl (C=O) groups excluding carboxylic acids is 2. The standard InChI is InChI=1S/C20H20N4O3S/c25-18-14-9-6-5-8-13(14)17(21-22-18)20(27)24-23-19(26)16-11-12-7-3-1-2-4-10-15(12)28-16/h5-6,8-9,11H,1-4,7,10H2,(H,22,25)(H,23,26)(H,24,27). The summed E-state index contributed by atoms with van der Waals surface area (Å²) in [7, 11) is 0. The molecular formula is C20H20N4O3S. The van der Waals surface area contributed by atoms with Crippen molar-refractivity contribution in [2.24, 2.45) is 0 Å². The monoisotopic (exact) mass is 396 g/mol. The van der Waals surface area contributed by atoms with Gasteiger partial charge in [-0.3, -0.25) is 25.2 Å². The Kier molecular flexibility index (Phi) is 5.21. The van der Waals surface area contributed by atoms with Crippen LogP contribution >= 0.6 is 11.3 Å². The van der Waals surface area contributed by atoms with Crippen LogP contribution in [0.15, 0.2) is 35.1 Å². The summed E-state index contributed by atoms with van der Waals surface area (Å²) in [5.74, 6) is -0.936. The highest BCUT2D eigenvalue weighted by Crippen LogP contribution is 2.28. The molecule has 0 aliphatic heterocycles. The zero-order valence-corrected chi connectivity index (χ0v) is 16.0. The summed E-state index contributed by atoms with van der Waals surface area (Å²) in [6.07, 6.45) is 6.76. The predicted molar refractivity (Wildman–Crippen MR) is 107 cm³/mol. The number of fused-ring (bicyclic) bond motifs is 2. The van der Waals surface area contributed by atoms with E-state index in [1.165, 1.54) is 34.6 Å². The zero-order valence-electron chi connectivity index (χ0n) is 15.2. The number of aryl methyl sites for hydroxylation is 2. The zero-order chi connectivity index (χ0) is 19.5. The fourth-order valence-corrected chi connectivity index (χ4v) is 4.63. The maximum atomic E-state index is 12.5. The first kappa shape index (κ1) is 18.4. The van der Waals surface area contributed by atoms with Crippen LogP contribution in [0.1, 0.15) is 56.3 Å². The second kappa shape index (κ2) is 7.93. The van der Waals surface area contributed by atoms with Crippen LogP contribution in [0.3, 0.4) is 0 Å². The molecule has 28 heavy (non-hydrogen) atoms. The minimum atomic E-state index is -0.587. The molecule has 0 spiro atoms. The number of hydrogen-bond donors (Lipinski definition) is 3. The number of hydrazine groups is 1. The quantitative estimate of drug-likeness (QED) is 0.579.